The summed E-state index contributed by atoms with van der Waals surface area (Å²) in [6.07, 6.45) is 0.579. The minimum absolute atomic E-state index is 0.382. The first-order chi connectivity index (χ1) is 9.45. The molecular weight excluding hydrogens is 276 g/mol. The molecule has 1 atom stereocenters. The third-order valence-electron chi connectivity index (χ3n) is 2.96. The Morgan fingerprint density at radius 3 is 2.65 bits per heavy atom. The molecule has 6 heteroatoms. The molecule has 1 aromatic rings. The second-order valence-electron chi connectivity index (χ2n) is 4.48. The van der Waals surface area contributed by atoms with E-state index in [2.05, 4.69) is 4.74 Å². The summed E-state index contributed by atoms with van der Waals surface area (Å²) in [6, 6.07) is 4.86. The molecule has 0 bridgehead atoms. The van der Waals surface area contributed by atoms with Crippen LogP contribution in [0.1, 0.15) is 27.9 Å². The molecule has 20 heavy (non-hydrogen) atoms. The second-order valence-corrected chi connectivity index (χ2v) is 5.58. The Balaban J connectivity index is 2.43. The van der Waals surface area contributed by atoms with E-state index >= 15 is 0 Å². The molecule has 0 aliphatic rings. The van der Waals surface area contributed by atoms with Crippen LogP contribution in [-0.4, -0.2) is 30.8 Å². The molecule has 0 heterocycles. The molecule has 1 aromatic carbocycles. The minimum atomic E-state index is -0.564. The second kappa shape index (κ2) is 7.91. The first kappa shape index (κ1) is 16.5. The molecule has 1 unspecified atom stereocenters. The van der Waals surface area contributed by atoms with Crippen molar-refractivity contribution in [3.05, 3.63) is 34.9 Å². The lowest BCUT2D eigenvalue weighted by atomic mass is 10.1. The maximum atomic E-state index is 11.1. The molecule has 1 rings (SSSR count). The van der Waals surface area contributed by atoms with Crippen molar-refractivity contribution < 1.29 is 14.3 Å². The number of hydrogen-bond acceptors (Lipinski definition) is 5. The van der Waals surface area contributed by atoms with Gasteiger partial charge in [-0.1, -0.05) is 6.07 Å². The van der Waals surface area contributed by atoms with E-state index in [4.69, 9.17) is 11.5 Å². The molecule has 0 fully saturated rings. The van der Waals surface area contributed by atoms with Crippen LogP contribution in [-0.2, 0) is 15.3 Å². The van der Waals surface area contributed by atoms with Gasteiger partial charge < -0.3 is 16.2 Å². The number of aryl methyl sites for hydroxylation is 1. The summed E-state index contributed by atoms with van der Waals surface area (Å²) in [6.45, 7) is 1.95. The van der Waals surface area contributed by atoms with Crippen molar-refractivity contribution in [2.45, 2.75) is 25.1 Å². The third kappa shape index (κ3) is 4.86. The molecular formula is C14H20N2O3S. The molecule has 0 aromatic heterocycles. The quantitative estimate of drug-likeness (QED) is 0.582. The van der Waals surface area contributed by atoms with E-state index in [1.165, 1.54) is 7.11 Å². The van der Waals surface area contributed by atoms with E-state index in [0.29, 0.717) is 12.0 Å². The van der Waals surface area contributed by atoms with Crippen LogP contribution in [0, 0.1) is 6.92 Å². The van der Waals surface area contributed by atoms with Crippen LogP contribution < -0.4 is 11.5 Å². The predicted molar refractivity (Wildman–Crippen MR) is 80.5 cm³/mol. The Bertz CT molecular complexity index is 491. The van der Waals surface area contributed by atoms with Gasteiger partial charge in [-0.3, -0.25) is 9.59 Å². The molecule has 0 saturated carbocycles. The van der Waals surface area contributed by atoms with Gasteiger partial charge in [0.25, 0.3) is 0 Å². The average molecular weight is 296 g/mol. The van der Waals surface area contributed by atoms with Crippen LogP contribution in [0.3, 0.4) is 0 Å². The van der Waals surface area contributed by atoms with Crippen LogP contribution in [0.15, 0.2) is 18.2 Å². The molecule has 0 aliphatic heterocycles. The van der Waals surface area contributed by atoms with Crippen molar-refractivity contribution in [1.82, 2.24) is 0 Å². The van der Waals surface area contributed by atoms with Gasteiger partial charge in [0.15, 0.2) is 0 Å². The highest BCUT2D eigenvalue weighted by Crippen LogP contribution is 2.18. The number of ether oxygens (including phenoxy) is 1. The molecule has 0 spiro atoms. The fraction of sp³-hybridized carbons (Fsp3) is 0.429. The summed E-state index contributed by atoms with van der Waals surface area (Å²) in [4.78, 5) is 22.2. The van der Waals surface area contributed by atoms with Gasteiger partial charge in [0, 0.05) is 11.3 Å². The molecule has 0 saturated heterocycles. The zero-order valence-electron chi connectivity index (χ0n) is 11.7. The first-order valence-electron chi connectivity index (χ1n) is 6.26. The highest BCUT2D eigenvalue weighted by atomic mass is 32.2. The number of thioether (sulfide) groups is 1. The molecule has 0 radical (unpaired) electrons. The van der Waals surface area contributed by atoms with E-state index < -0.39 is 11.9 Å². The summed E-state index contributed by atoms with van der Waals surface area (Å²) in [5.74, 6) is 0.774. The average Bonchev–Trinajstić information content (AvgIpc) is 2.43. The molecule has 4 N–H and O–H groups in total. The minimum Gasteiger partial charge on any atom is -0.468 e. The standard InChI is InChI=1S/C14H20N2O3S/c1-9-7-10(13(16)17)3-4-11(9)8-20-6-5-12(15)14(18)19-2/h3-4,7,12H,5-6,8,15H2,1-2H3,(H2,16,17). The number of amides is 1. The van der Waals surface area contributed by atoms with Gasteiger partial charge in [-0.15, -0.1) is 0 Å². The Morgan fingerprint density at radius 1 is 1.40 bits per heavy atom. The lowest BCUT2D eigenvalue weighted by Gasteiger charge is -2.10. The summed E-state index contributed by atoms with van der Waals surface area (Å²) in [5, 5.41) is 0. The van der Waals surface area contributed by atoms with Gasteiger partial charge in [-0.25, -0.2) is 0 Å². The molecule has 0 aliphatic carbocycles. The maximum absolute atomic E-state index is 11.1. The Kier molecular flexibility index (Phi) is 6.54. The first-order valence-corrected chi connectivity index (χ1v) is 7.41. The van der Waals surface area contributed by atoms with Crippen molar-refractivity contribution in [3.63, 3.8) is 0 Å². The summed E-state index contributed by atoms with van der Waals surface area (Å²) in [7, 11) is 1.33. The van der Waals surface area contributed by atoms with Crippen LogP contribution in [0.4, 0.5) is 0 Å². The van der Waals surface area contributed by atoms with E-state index in [1.54, 1.807) is 23.9 Å². The molecule has 1 amide bonds. The van der Waals surface area contributed by atoms with E-state index in [0.717, 1.165) is 22.6 Å². The topological polar surface area (TPSA) is 95.4 Å². The van der Waals surface area contributed by atoms with Crippen molar-refractivity contribution in [2.75, 3.05) is 12.9 Å². The van der Waals surface area contributed by atoms with Crippen LogP contribution >= 0.6 is 11.8 Å². The van der Waals surface area contributed by atoms with Gasteiger partial charge >= 0.3 is 5.97 Å². The van der Waals surface area contributed by atoms with Crippen LogP contribution in [0.2, 0.25) is 0 Å². The van der Waals surface area contributed by atoms with Gasteiger partial charge in [0.1, 0.15) is 6.04 Å². The zero-order valence-corrected chi connectivity index (χ0v) is 12.5. The highest BCUT2D eigenvalue weighted by Gasteiger charge is 2.13. The number of rotatable bonds is 7. The van der Waals surface area contributed by atoms with Crippen molar-refractivity contribution in [3.8, 4) is 0 Å². The summed E-state index contributed by atoms with van der Waals surface area (Å²) < 4.78 is 4.57. The Labute approximate surface area is 123 Å². The lowest BCUT2D eigenvalue weighted by molar-refractivity contribution is -0.142. The monoisotopic (exact) mass is 296 g/mol. The normalized spacial score (nSPS) is 11.9. The number of nitrogens with two attached hydrogens (primary N) is 2. The Morgan fingerprint density at radius 2 is 2.10 bits per heavy atom. The van der Waals surface area contributed by atoms with Crippen molar-refractivity contribution in [1.29, 1.82) is 0 Å². The predicted octanol–water partition coefficient (Wildman–Crippen LogP) is 1.22. The van der Waals surface area contributed by atoms with E-state index in [9.17, 15) is 9.59 Å². The SMILES string of the molecule is COC(=O)C(N)CCSCc1ccc(C(N)=O)cc1C. The maximum Gasteiger partial charge on any atom is 0.322 e. The number of hydrogen-bond donors (Lipinski definition) is 2. The van der Waals surface area contributed by atoms with Gasteiger partial charge in [0.05, 0.1) is 7.11 Å². The number of methoxy groups -OCH3 is 1. The molecule has 5 nitrogen and oxygen atoms in total. The van der Waals surface area contributed by atoms with Crippen molar-refractivity contribution in [2.24, 2.45) is 11.5 Å². The van der Waals surface area contributed by atoms with Crippen molar-refractivity contribution >= 4 is 23.6 Å². The number of esters is 1. The lowest BCUT2D eigenvalue weighted by Crippen LogP contribution is -2.31. The highest BCUT2D eigenvalue weighted by molar-refractivity contribution is 7.98. The number of benzene rings is 1. The van der Waals surface area contributed by atoms with Gasteiger partial charge in [0.2, 0.25) is 5.91 Å². The third-order valence-corrected chi connectivity index (χ3v) is 4.00. The zero-order chi connectivity index (χ0) is 15.1. The summed E-state index contributed by atoms with van der Waals surface area (Å²) in [5.41, 5.74) is 13.6. The van der Waals surface area contributed by atoms with Gasteiger partial charge in [-0.05, 0) is 42.4 Å². The van der Waals surface area contributed by atoms with Crippen LogP contribution in [0.25, 0.3) is 0 Å². The largest absolute Gasteiger partial charge is 0.468 e. The Hall–Kier alpha value is -1.53. The smallest absolute Gasteiger partial charge is 0.322 e. The summed E-state index contributed by atoms with van der Waals surface area (Å²) >= 11 is 1.69. The fourth-order valence-electron chi connectivity index (χ4n) is 1.67. The van der Waals surface area contributed by atoms with Gasteiger partial charge in [-0.2, -0.15) is 11.8 Å². The number of carbonyl (C=O) groups is 2. The number of carbonyl (C=O) groups excluding carboxylic acids is 2. The van der Waals surface area contributed by atoms with E-state index in [1.807, 2.05) is 13.0 Å². The number of primary amides is 1. The van der Waals surface area contributed by atoms with E-state index in [-0.39, 0.29) is 5.97 Å². The molecule has 110 valence electrons. The van der Waals surface area contributed by atoms with Crippen LogP contribution in [0.5, 0.6) is 0 Å². The fourth-order valence-corrected chi connectivity index (χ4v) is 2.78.